The minimum absolute atomic E-state index is 0.392. The van der Waals surface area contributed by atoms with Crippen LogP contribution < -0.4 is 14.8 Å². The molecule has 3 saturated heterocycles. The van der Waals surface area contributed by atoms with E-state index < -0.39 is 48.2 Å². The van der Waals surface area contributed by atoms with E-state index in [-0.39, 0.29) is 0 Å². The third kappa shape index (κ3) is 3.80. The van der Waals surface area contributed by atoms with Gasteiger partial charge in [-0.2, -0.15) is 0 Å². The maximum atomic E-state index is 13.1. The van der Waals surface area contributed by atoms with E-state index in [0.717, 1.165) is 0 Å². The van der Waals surface area contributed by atoms with Crippen LogP contribution in [0.5, 0.6) is 11.5 Å². The van der Waals surface area contributed by atoms with Crippen molar-refractivity contribution in [3.8, 4) is 11.5 Å². The van der Waals surface area contributed by atoms with Crippen LogP contribution in [0.25, 0.3) is 0 Å². The number of carbonyl (C=O) groups excluding carboxylic acids is 1. The van der Waals surface area contributed by atoms with Gasteiger partial charge in [-0.1, -0.05) is 0 Å². The standard InChI is InChI=1S/C20H27NO8/c1-19(2)26-13-14(27-19)16-18(29-20(3,4)28-16)25-15(13)17(22)21-11-8-7-10(23-5)9-12(11)24-6/h7-9,13-16,18H,1-6H3,(H,21,22)/t13-,14-,15-,16-,18+/m1/s1. The largest absolute Gasteiger partial charge is 0.497 e. The first-order valence-corrected chi connectivity index (χ1v) is 9.52. The molecule has 3 heterocycles. The molecule has 0 aromatic heterocycles. The van der Waals surface area contributed by atoms with Gasteiger partial charge in [-0.15, -0.1) is 0 Å². The molecule has 160 valence electrons. The van der Waals surface area contributed by atoms with Crippen LogP contribution in [-0.2, 0) is 28.5 Å². The first kappa shape index (κ1) is 20.4. The Kier molecular flexibility index (Phi) is 4.99. The fourth-order valence-corrected chi connectivity index (χ4v) is 3.93. The average molecular weight is 409 g/mol. The second-order valence-corrected chi connectivity index (χ2v) is 8.15. The lowest BCUT2D eigenvalue weighted by Crippen LogP contribution is -2.58. The molecule has 1 aromatic rings. The van der Waals surface area contributed by atoms with Crippen molar-refractivity contribution in [2.24, 2.45) is 0 Å². The van der Waals surface area contributed by atoms with Crippen LogP contribution in [0.4, 0.5) is 5.69 Å². The zero-order valence-electron chi connectivity index (χ0n) is 17.4. The quantitative estimate of drug-likeness (QED) is 0.808. The molecule has 3 aliphatic rings. The van der Waals surface area contributed by atoms with Crippen molar-refractivity contribution in [2.45, 2.75) is 70.0 Å². The number of nitrogens with one attached hydrogen (secondary N) is 1. The molecular formula is C20H27NO8. The van der Waals surface area contributed by atoms with Crippen LogP contribution in [0.15, 0.2) is 18.2 Å². The molecule has 0 radical (unpaired) electrons. The van der Waals surface area contributed by atoms with Gasteiger partial charge in [-0.25, -0.2) is 0 Å². The summed E-state index contributed by atoms with van der Waals surface area (Å²) in [6, 6.07) is 5.12. The summed E-state index contributed by atoms with van der Waals surface area (Å²) in [5, 5.41) is 2.85. The lowest BCUT2D eigenvalue weighted by atomic mass is 9.98. The number of methoxy groups -OCH3 is 2. The van der Waals surface area contributed by atoms with Crippen LogP contribution in [0.2, 0.25) is 0 Å². The normalized spacial score (nSPS) is 34.2. The van der Waals surface area contributed by atoms with Crippen molar-refractivity contribution in [1.29, 1.82) is 0 Å². The van der Waals surface area contributed by atoms with Crippen LogP contribution in [-0.4, -0.2) is 62.4 Å². The number of ether oxygens (including phenoxy) is 7. The monoisotopic (exact) mass is 409 g/mol. The first-order chi connectivity index (χ1) is 13.6. The Morgan fingerprint density at radius 2 is 1.59 bits per heavy atom. The second-order valence-electron chi connectivity index (χ2n) is 8.15. The third-order valence-electron chi connectivity index (χ3n) is 5.08. The molecule has 9 nitrogen and oxygen atoms in total. The lowest BCUT2D eigenvalue weighted by molar-refractivity contribution is -0.229. The molecule has 29 heavy (non-hydrogen) atoms. The second kappa shape index (κ2) is 7.10. The van der Waals surface area contributed by atoms with Crippen LogP contribution in [0.1, 0.15) is 27.7 Å². The summed E-state index contributed by atoms with van der Waals surface area (Å²) < 4.78 is 40.3. The number of anilines is 1. The van der Waals surface area contributed by atoms with Gasteiger partial charge in [0.1, 0.15) is 29.8 Å². The molecule has 1 N–H and O–H groups in total. The Morgan fingerprint density at radius 3 is 2.28 bits per heavy atom. The summed E-state index contributed by atoms with van der Waals surface area (Å²) in [6.45, 7) is 7.18. The minimum Gasteiger partial charge on any atom is -0.497 e. The Hall–Kier alpha value is -1.91. The molecule has 0 aliphatic carbocycles. The number of carbonyl (C=O) groups is 1. The first-order valence-electron chi connectivity index (χ1n) is 9.52. The fraction of sp³-hybridized carbons (Fsp3) is 0.650. The van der Waals surface area contributed by atoms with E-state index in [0.29, 0.717) is 17.2 Å². The van der Waals surface area contributed by atoms with Crippen LogP contribution >= 0.6 is 0 Å². The molecule has 1 amide bonds. The molecule has 3 fully saturated rings. The van der Waals surface area contributed by atoms with Crippen molar-refractivity contribution < 1.29 is 38.0 Å². The summed E-state index contributed by atoms with van der Waals surface area (Å²) in [5.41, 5.74) is 0.489. The van der Waals surface area contributed by atoms with Gasteiger partial charge in [0.2, 0.25) is 0 Å². The molecule has 0 spiro atoms. The molecule has 3 aliphatic heterocycles. The molecular weight excluding hydrogens is 382 g/mol. The SMILES string of the molecule is COc1ccc(NC(=O)[C@@H]2O[C@H]3OC(C)(C)O[C@@H]3[C@@H]3OC(C)(C)O[C@H]32)c(OC)c1. The zero-order valence-corrected chi connectivity index (χ0v) is 17.4. The summed E-state index contributed by atoms with van der Waals surface area (Å²) in [4.78, 5) is 13.1. The maximum Gasteiger partial charge on any atom is 0.256 e. The molecule has 9 heteroatoms. The predicted octanol–water partition coefficient (Wildman–Crippen LogP) is 2.04. The highest BCUT2D eigenvalue weighted by atomic mass is 16.9. The highest BCUT2D eigenvalue weighted by molar-refractivity contribution is 5.96. The average Bonchev–Trinajstić information content (AvgIpc) is 3.14. The zero-order chi connectivity index (χ0) is 21.0. The van der Waals surface area contributed by atoms with Gasteiger partial charge in [0.15, 0.2) is 24.0 Å². The highest BCUT2D eigenvalue weighted by Gasteiger charge is 2.62. The van der Waals surface area contributed by atoms with Crippen LogP contribution in [0.3, 0.4) is 0 Å². The van der Waals surface area contributed by atoms with Gasteiger partial charge in [-0.05, 0) is 39.8 Å². The van der Waals surface area contributed by atoms with Gasteiger partial charge >= 0.3 is 0 Å². The number of hydrogen-bond acceptors (Lipinski definition) is 8. The number of fused-ring (bicyclic) bond motifs is 3. The van der Waals surface area contributed by atoms with E-state index >= 15 is 0 Å². The maximum absolute atomic E-state index is 13.1. The minimum atomic E-state index is -0.952. The van der Waals surface area contributed by atoms with E-state index in [2.05, 4.69) is 5.32 Å². The predicted molar refractivity (Wildman–Crippen MR) is 101 cm³/mol. The van der Waals surface area contributed by atoms with Gasteiger partial charge in [-0.3, -0.25) is 4.79 Å². The Labute approximate surface area is 169 Å². The van der Waals surface area contributed by atoms with E-state index in [4.69, 9.17) is 33.2 Å². The highest BCUT2D eigenvalue weighted by Crippen LogP contribution is 2.44. The van der Waals surface area contributed by atoms with Crippen molar-refractivity contribution in [3.05, 3.63) is 18.2 Å². The summed E-state index contributed by atoms with van der Waals surface area (Å²) >= 11 is 0. The van der Waals surface area contributed by atoms with Gasteiger partial charge < -0.3 is 38.5 Å². The lowest BCUT2D eigenvalue weighted by Gasteiger charge is -2.36. The smallest absolute Gasteiger partial charge is 0.256 e. The van der Waals surface area contributed by atoms with Crippen LogP contribution in [0, 0.1) is 0 Å². The van der Waals surface area contributed by atoms with E-state index in [1.54, 1.807) is 53.0 Å². The number of hydrogen-bond donors (Lipinski definition) is 1. The topological polar surface area (TPSA) is 93.7 Å². The van der Waals surface area contributed by atoms with E-state index in [1.165, 1.54) is 7.11 Å². The summed E-state index contributed by atoms with van der Waals surface area (Å²) in [6.07, 6.45) is -3.33. The van der Waals surface area contributed by atoms with Crippen molar-refractivity contribution in [2.75, 3.05) is 19.5 Å². The third-order valence-corrected chi connectivity index (χ3v) is 5.08. The van der Waals surface area contributed by atoms with Crippen molar-refractivity contribution in [1.82, 2.24) is 0 Å². The molecule has 0 unspecified atom stereocenters. The number of rotatable bonds is 4. The summed E-state index contributed by atoms with van der Waals surface area (Å²) in [5.74, 6) is -1.03. The molecule has 0 bridgehead atoms. The Bertz CT molecular complexity index is 795. The van der Waals surface area contributed by atoms with Gasteiger partial charge in [0.25, 0.3) is 5.91 Å². The Balaban J connectivity index is 1.58. The van der Waals surface area contributed by atoms with E-state index in [9.17, 15) is 4.79 Å². The van der Waals surface area contributed by atoms with Gasteiger partial charge in [0.05, 0.1) is 19.9 Å². The van der Waals surface area contributed by atoms with Crippen molar-refractivity contribution in [3.63, 3.8) is 0 Å². The number of benzene rings is 1. The molecule has 0 saturated carbocycles. The van der Waals surface area contributed by atoms with Gasteiger partial charge in [0, 0.05) is 6.07 Å². The molecule has 4 rings (SSSR count). The molecule has 5 atom stereocenters. The Morgan fingerprint density at radius 1 is 0.931 bits per heavy atom. The van der Waals surface area contributed by atoms with Crippen molar-refractivity contribution >= 4 is 11.6 Å². The molecule has 1 aromatic carbocycles. The van der Waals surface area contributed by atoms with E-state index in [1.807, 2.05) is 0 Å². The summed E-state index contributed by atoms with van der Waals surface area (Å²) in [7, 11) is 3.08. The fourth-order valence-electron chi connectivity index (χ4n) is 3.93. The number of amides is 1.